The first kappa shape index (κ1) is 21.8. The van der Waals surface area contributed by atoms with Gasteiger partial charge in [0.1, 0.15) is 5.82 Å². The molecule has 3 rings (SSSR count). The summed E-state index contributed by atoms with van der Waals surface area (Å²) in [7, 11) is 1.98. The molecule has 1 aliphatic heterocycles. The summed E-state index contributed by atoms with van der Waals surface area (Å²) in [6, 6.07) is 5.66. The number of carbonyl (C=O) groups excluding carboxylic acids is 2. The van der Waals surface area contributed by atoms with Gasteiger partial charge in [-0.1, -0.05) is 6.07 Å². The molecule has 0 saturated carbocycles. The van der Waals surface area contributed by atoms with Crippen molar-refractivity contribution in [2.24, 2.45) is 5.92 Å². The number of furan rings is 1. The minimum Gasteiger partial charge on any atom is -0.459 e. The molecule has 0 unspecified atom stereocenters. The Morgan fingerprint density at radius 2 is 2.00 bits per heavy atom. The summed E-state index contributed by atoms with van der Waals surface area (Å²) in [5.74, 6) is 0.946. The van der Waals surface area contributed by atoms with E-state index in [1.165, 1.54) is 6.26 Å². The van der Waals surface area contributed by atoms with Crippen molar-refractivity contribution < 1.29 is 14.0 Å². The van der Waals surface area contributed by atoms with E-state index in [1.54, 1.807) is 12.3 Å². The van der Waals surface area contributed by atoms with Gasteiger partial charge in [0.2, 0.25) is 5.91 Å². The Morgan fingerprint density at radius 3 is 2.73 bits per heavy atom. The van der Waals surface area contributed by atoms with Gasteiger partial charge in [-0.2, -0.15) is 0 Å². The summed E-state index contributed by atoms with van der Waals surface area (Å²) < 4.78 is 5.28. The van der Waals surface area contributed by atoms with Crippen LogP contribution in [0.25, 0.3) is 0 Å². The van der Waals surface area contributed by atoms with E-state index in [4.69, 9.17) is 4.42 Å². The molecule has 2 amide bonds. The maximum Gasteiger partial charge on any atom is 0.287 e. The predicted octanol–water partition coefficient (Wildman–Crippen LogP) is 1.96. The monoisotopic (exact) mass is 413 g/mol. The van der Waals surface area contributed by atoms with Crippen molar-refractivity contribution in [2.75, 3.05) is 38.5 Å². The minimum absolute atomic E-state index is 0.0152. The molecule has 0 radical (unpaired) electrons. The number of nitrogens with one attached hydrogen (secondary N) is 3. The van der Waals surface area contributed by atoms with Crippen LogP contribution in [0.1, 0.15) is 34.5 Å². The number of rotatable bonds is 7. The number of hydrogen-bond donors (Lipinski definition) is 3. The first-order chi connectivity index (χ1) is 14.4. The normalized spacial score (nSPS) is 19.7. The molecule has 2 aromatic rings. The highest BCUT2D eigenvalue weighted by molar-refractivity contribution is 5.93. The second-order valence-corrected chi connectivity index (χ2v) is 7.99. The van der Waals surface area contributed by atoms with Crippen LogP contribution in [0.15, 0.2) is 35.1 Å². The Morgan fingerprint density at radius 1 is 1.17 bits per heavy atom. The van der Waals surface area contributed by atoms with Crippen LogP contribution in [0.2, 0.25) is 0 Å². The lowest BCUT2D eigenvalue weighted by molar-refractivity contribution is -0.125. The highest BCUT2D eigenvalue weighted by Gasteiger charge is 2.28. The lowest BCUT2D eigenvalue weighted by Crippen LogP contribution is -2.42. The highest BCUT2D eigenvalue weighted by Crippen LogP contribution is 2.17. The zero-order chi connectivity index (χ0) is 21.5. The van der Waals surface area contributed by atoms with E-state index >= 15 is 0 Å². The molecule has 0 bridgehead atoms. The van der Waals surface area contributed by atoms with Gasteiger partial charge in [0.05, 0.1) is 12.2 Å². The van der Waals surface area contributed by atoms with Gasteiger partial charge in [-0.3, -0.25) is 9.59 Å². The number of aryl methyl sites for hydroxylation is 2. The third-order valence-electron chi connectivity index (χ3n) is 5.43. The van der Waals surface area contributed by atoms with Crippen LogP contribution in [-0.2, 0) is 4.79 Å². The van der Waals surface area contributed by atoms with Crippen molar-refractivity contribution in [3.8, 4) is 0 Å². The second kappa shape index (κ2) is 10.2. The fourth-order valence-corrected chi connectivity index (χ4v) is 3.78. The van der Waals surface area contributed by atoms with Gasteiger partial charge in [0.25, 0.3) is 5.91 Å². The van der Waals surface area contributed by atoms with Crippen LogP contribution in [0.3, 0.4) is 0 Å². The van der Waals surface area contributed by atoms with Crippen LogP contribution >= 0.6 is 0 Å². The van der Waals surface area contributed by atoms with E-state index in [2.05, 4.69) is 25.8 Å². The van der Waals surface area contributed by atoms with Crippen LogP contribution in [0.5, 0.6) is 0 Å². The van der Waals surface area contributed by atoms with Gasteiger partial charge in [-0.25, -0.2) is 4.98 Å². The largest absolute Gasteiger partial charge is 0.459 e. The molecule has 0 aromatic carbocycles. The molecule has 0 aliphatic carbocycles. The molecule has 8 nitrogen and oxygen atoms in total. The second-order valence-electron chi connectivity index (χ2n) is 7.99. The number of likely N-dealkylation sites (tertiary alicyclic amines) is 1. The summed E-state index contributed by atoms with van der Waals surface area (Å²) in [4.78, 5) is 31.5. The maximum atomic E-state index is 12.7. The lowest BCUT2D eigenvalue weighted by Gasteiger charge is -2.21. The molecule has 3 heterocycles. The Kier molecular flexibility index (Phi) is 7.46. The third kappa shape index (κ3) is 5.82. The summed E-state index contributed by atoms with van der Waals surface area (Å²) in [6.45, 7) is 6.38. The fourth-order valence-electron chi connectivity index (χ4n) is 3.78. The molecule has 162 valence electrons. The molecule has 2 atom stereocenters. The van der Waals surface area contributed by atoms with Crippen LogP contribution in [0.4, 0.5) is 5.82 Å². The smallest absolute Gasteiger partial charge is 0.287 e. The molecular formula is C22H31N5O3. The van der Waals surface area contributed by atoms with Crippen molar-refractivity contribution in [1.82, 2.24) is 20.5 Å². The van der Waals surface area contributed by atoms with Gasteiger partial charge < -0.3 is 25.3 Å². The van der Waals surface area contributed by atoms with E-state index in [9.17, 15) is 9.59 Å². The zero-order valence-corrected chi connectivity index (χ0v) is 17.9. The molecule has 30 heavy (non-hydrogen) atoms. The Hall–Kier alpha value is -2.87. The van der Waals surface area contributed by atoms with Gasteiger partial charge in [-0.05, 0) is 51.4 Å². The van der Waals surface area contributed by atoms with E-state index in [0.717, 1.165) is 29.8 Å². The summed E-state index contributed by atoms with van der Waals surface area (Å²) >= 11 is 0. The summed E-state index contributed by atoms with van der Waals surface area (Å²) in [6.07, 6.45) is 4.75. The van der Waals surface area contributed by atoms with Crippen molar-refractivity contribution in [2.45, 2.75) is 32.7 Å². The van der Waals surface area contributed by atoms with Crippen molar-refractivity contribution in [1.29, 1.82) is 0 Å². The number of nitrogens with zero attached hydrogens (tertiary/aromatic N) is 2. The lowest BCUT2D eigenvalue weighted by atomic mass is 10.0. The topological polar surface area (TPSA) is 99.5 Å². The Labute approximate surface area is 177 Å². The molecule has 1 aliphatic rings. The number of anilines is 1. The number of carbonyl (C=O) groups is 2. The molecule has 0 spiro atoms. The summed E-state index contributed by atoms with van der Waals surface area (Å²) in [5.41, 5.74) is 1.90. The van der Waals surface area contributed by atoms with E-state index in [-0.39, 0.29) is 23.8 Å². The number of hydrogen-bond acceptors (Lipinski definition) is 6. The van der Waals surface area contributed by atoms with Crippen molar-refractivity contribution in [3.63, 3.8) is 0 Å². The third-order valence-corrected chi connectivity index (χ3v) is 5.43. The first-order valence-electron chi connectivity index (χ1n) is 10.4. The Bertz CT molecular complexity index is 866. The molecular weight excluding hydrogens is 382 g/mol. The molecule has 1 saturated heterocycles. The number of amides is 2. The van der Waals surface area contributed by atoms with Gasteiger partial charge >= 0.3 is 0 Å². The fraction of sp³-hybridized carbons (Fsp3) is 0.500. The average Bonchev–Trinajstić information content (AvgIpc) is 3.06. The van der Waals surface area contributed by atoms with Gasteiger partial charge in [-0.15, -0.1) is 0 Å². The first-order valence-corrected chi connectivity index (χ1v) is 10.4. The van der Waals surface area contributed by atoms with Gasteiger partial charge in [0.15, 0.2) is 5.76 Å². The number of likely N-dealkylation sites (N-methyl/N-ethyl adjacent to an activating group) is 1. The van der Waals surface area contributed by atoms with Crippen LogP contribution < -0.4 is 16.0 Å². The minimum atomic E-state index is -0.199. The van der Waals surface area contributed by atoms with E-state index in [0.29, 0.717) is 31.9 Å². The van der Waals surface area contributed by atoms with Crippen LogP contribution in [0, 0.1) is 19.8 Å². The highest BCUT2D eigenvalue weighted by atomic mass is 16.3. The Balaban J connectivity index is 1.44. The summed E-state index contributed by atoms with van der Waals surface area (Å²) in [5, 5.41) is 9.31. The zero-order valence-electron chi connectivity index (χ0n) is 17.9. The number of aromatic nitrogens is 1. The molecule has 1 fully saturated rings. The van der Waals surface area contributed by atoms with E-state index < -0.39 is 0 Å². The van der Waals surface area contributed by atoms with Gasteiger partial charge in [0, 0.05) is 44.0 Å². The number of pyridine rings is 1. The molecule has 2 aromatic heterocycles. The van der Waals surface area contributed by atoms with Crippen molar-refractivity contribution >= 4 is 17.6 Å². The SMILES string of the molecule is Cc1cccnc1NCCNC(=O)[C@@H]1CC[C@H](NC(=O)c2occc2C)CN(C)C1. The van der Waals surface area contributed by atoms with Crippen molar-refractivity contribution in [3.05, 3.63) is 47.5 Å². The molecule has 8 heteroatoms. The van der Waals surface area contributed by atoms with Crippen LogP contribution in [-0.4, -0.2) is 61.0 Å². The van der Waals surface area contributed by atoms with E-state index in [1.807, 2.05) is 33.0 Å². The average molecular weight is 414 g/mol. The maximum absolute atomic E-state index is 12.7. The quantitative estimate of drug-likeness (QED) is 0.600. The standard InChI is InChI=1S/C22H31N5O3/c1-15-8-12-30-19(15)22(29)26-18-7-6-17(13-27(3)14-18)21(28)25-11-10-24-20-16(2)5-4-9-23-20/h4-5,8-9,12,17-18H,6-7,10-11,13-14H2,1-3H3,(H,23,24)(H,25,28)(H,26,29)/t17-,18+/m1/s1. The molecule has 3 N–H and O–H groups in total. The predicted molar refractivity (Wildman–Crippen MR) is 115 cm³/mol.